The van der Waals surface area contributed by atoms with Crippen molar-refractivity contribution in [3.63, 3.8) is 0 Å². The zero-order chi connectivity index (χ0) is 19.3. The lowest BCUT2D eigenvalue weighted by Crippen LogP contribution is -2.22. The molecule has 0 aliphatic rings. The third kappa shape index (κ3) is 4.75. The second kappa shape index (κ2) is 7.90. The molecular formula is C18H17F3N2O3. The third-order valence-corrected chi connectivity index (χ3v) is 3.62. The number of methoxy groups -OCH3 is 1. The molecule has 0 aliphatic carbocycles. The fraction of sp³-hybridized carbons (Fsp3) is 0.222. The quantitative estimate of drug-likeness (QED) is 0.854. The Labute approximate surface area is 148 Å². The molecular weight excluding hydrogens is 349 g/mol. The Hall–Kier alpha value is -3.03. The van der Waals surface area contributed by atoms with Gasteiger partial charge in [-0.25, -0.2) is 0 Å². The van der Waals surface area contributed by atoms with Crippen molar-refractivity contribution in [3.8, 4) is 5.75 Å². The van der Waals surface area contributed by atoms with Crippen LogP contribution in [0.4, 0.5) is 18.9 Å². The molecule has 8 heteroatoms. The molecule has 138 valence electrons. The molecule has 2 N–H and O–H groups in total. The Morgan fingerprint density at radius 2 is 1.73 bits per heavy atom. The Morgan fingerprint density at radius 1 is 1.08 bits per heavy atom. The molecule has 0 heterocycles. The van der Waals surface area contributed by atoms with E-state index in [-0.39, 0.29) is 17.7 Å². The number of ether oxygens (including phenoxy) is 1. The summed E-state index contributed by atoms with van der Waals surface area (Å²) in [5, 5.41) is 5.06. The lowest BCUT2D eigenvalue weighted by molar-refractivity contribution is -0.137. The van der Waals surface area contributed by atoms with Gasteiger partial charge in [-0.3, -0.25) is 9.59 Å². The second-order valence-corrected chi connectivity index (χ2v) is 5.41. The van der Waals surface area contributed by atoms with Crippen LogP contribution in [-0.2, 0) is 17.4 Å². The summed E-state index contributed by atoms with van der Waals surface area (Å²) < 4.78 is 42.7. The van der Waals surface area contributed by atoms with Crippen LogP contribution in [0.5, 0.6) is 5.75 Å². The largest absolute Gasteiger partial charge is 0.497 e. The smallest absolute Gasteiger partial charge is 0.416 e. The van der Waals surface area contributed by atoms with E-state index in [1.807, 2.05) is 0 Å². The summed E-state index contributed by atoms with van der Waals surface area (Å²) >= 11 is 0. The summed E-state index contributed by atoms with van der Waals surface area (Å²) in [6.07, 6.45) is -4.55. The number of alkyl halides is 3. The Kier molecular flexibility index (Phi) is 5.86. The molecule has 5 nitrogen and oxygen atoms in total. The van der Waals surface area contributed by atoms with Crippen LogP contribution in [0.15, 0.2) is 42.5 Å². The van der Waals surface area contributed by atoms with Crippen molar-refractivity contribution in [2.24, 2.45) is 0 Å². The highest BCUT2D eigenvalue weighted by atomic mass is 19.4. The van der Waals surface area contributed by atoms with Gasteiger partial charge in [0, 0.05) is 7.05 Å². The van der Waals surface area contributed by atoms with Gasteiger partial charge in [0.05, 0.1) is 30.3 Å². The summed E-state index contributed by atoms with van der Waals surface area (Å²) in [6, 6.07) is 8.92. The number of benzene rings is 2. The molecule has 26 heavy (non-hydrogen) atoms. The van der Waals surface area contributed by atoms with Crippen molar-refractivity contribution in [1.29, 1.82) is 0 Å². The first-order valence-corrected chi connectivity index (χ1v) is 7.60. The van der Waals surface area contributed by atoms with Gasteiger partial charge in [0.1, 0.15) is 5.75 Å². The number of carbonyl (C=O) groups is 2. The number of carbonyl (C=O) groups excluding carboxylic acids is 2. The number of halogens is 3. The van der Waals surface area contributed by atoms with E-state index in [9.17, 15) is 22.8 Å². The SMILES string of the molecule is CNC(=O)c1cc(OC)ccc1NC(=O)Cc1ccc(C(F)(F)F)cc1. The van der Waals surface area contributed by atoms with E-state index in [1.54, 1.807) is 6.07 Å². The van der Waals surface area contributed by atoms with Gasteiger partial charge in [0.2, 0.25) is 5.91 Å². The first-order chi connectivity index (χ1) is 12.2. The molecule has 2 amide bonds. The van der Waals surface area contributed by atoms with Crippen LogP contribution in [0.2, 0.25) is 0 Å². The van der Waals surface area contributed by atoms with Gasteiger partial charge in [-0.2, -0.15) is 13.2 Å². The monoisotopic (exact) mass is 366 g/mol. The first kappa shape index (κ1) is 19.3. The number of anilines is 1. The summed E-state index contributed by atoms with van der Waals surface area (Å²) in [5.41, 5.74) is 0.138. The van der Waals surface area contributed by atoms with Crippen LogP contribution in [0.25, 0.3) is 0 Å². The minimum Gasteiger partial charge on any atom is -0.497 e. The van der Waals surface area contributed by atoms with Gasteiger partial charge in [0.15, 0.2) is 0 Å². The molecule has 0 spiro atoms. The van der Waals surface area contributed by atoms with Crippen molar-refractivity contribution in [3.05, 3.63) is 59.2 Å². The molecule has 0 aromatic heterocycles. The van der Waals surface area contributed by atoms with Crippen LogP contribution in [0.3, 0.4) is 0 Å². The van der Waals surface area contributed by atoms with Gasteiger partial charge < -0.3 is 15.4 Å². The summed E-state index contributed by atoms with van der Waals surface area (Å²) in [4.78, 5) is 24.1. The van der Waals surface area contributed by atoms with Crippen LogP contribution in [0.1, 0.15) is 21.5 Å². The van der Waals surface area contributed by atoms with Crippen LogP contribution in [0, 0.1) is 0 Å². The summed E-state index contributed by atoms with van der Waals surface area (Å²) in [6.45, 7) is 0. The number of hydrogen-bond acceptors (Lipinski definition) is 3. The average molecular weight is 366 g/mol. The maximum absolute atomic E-state index is 12.6. The highest BCUT2D eigenvalue weighted by Crippen LogP contribution is 2.29. The molecule has 2 aromatic rings. The van der Waals surface area contributed by atoms with E-state index in [1.165, 1.54) is 38.4 Å². The van der Waals surface area contributed by atoms with Gasteiger partial charge in [-0.05, 0) is 35.9 Å². The lowest BCUT2D eigenvalue weighted by atomic mass is 10.1. The maximum atomic E-state index is 12.6. The molecule has 0 fully saturated rings. The van der Waals surface area contributed by atoms with Gasteiger partial charge in [-0.15, -0.1) is 0 Å². The van der Waals surface area contributed by atoms with Crippen LogP contribution >= 0.6 is 0 Å². The number of amides is 2. The lowest BCUT2D eigenvalue weighted by Gasteiger charge is -2.12. The average Bonchev–Trinajstić information content (AvgIpc) is 2.61. The molecule has 2 aromatic carbocycles. The normalized spacial score (nSPS) is 11.0. The third-order valence-electron chi connectivity index (χ3n) is 3.62. The standard InChI is InChI=1S/C18H17F3N2O3/c1-22-17(25)14-10-13(26-2)7-8-15(14)23-16(24)9-11-3-5-12(6-4-11)18(19,20)21/h3-8,10H,9H2,1-2H3,(H,22,25)(H,23,24). The van der Waals surface area contributed by atoms with Crippen molar-refractivity contribution in [2.75, 3.05) is 19.5 Å². The minimum absolute atomic E-state index is 0.128. The van der Waals surface area contributed by atoms with Crippen LogP contribution in [-0.4, -0.2) is 26.0 Å². The number of nitrogens with one attached hydrogen (secondary N) is 2. The Morgan fingerprint density at radius 3 is 2.27 bits per heavy atom. The van der Waals surface area contributed by atoms with Crippen molar-refractivity contribution < 1.29 is 27.5 Å². The van der Waals surface area contributed by atoms with E-state index < -0.39 is 23.6 Å². The Balaban J connectivity index is 2.13. The molecule has 0 saturated carbocycles. The van der Waals surface area contributed by atoms with E-state index in [0.29, 0.717) is 11.3 Å². The summed E-state index contributed by atoms with van der Waals surface area (Å²) in [5.74, 6) is -0.418. The Bertz CT molecular complexity index is 802. The molecule has 0 unspecified atom stereocenters. The predicted octanol–water partition coefficient (Wildman–Crippen LogP) is 3.25. The molecule has 2 rings (SSSR count). The zero-order valence-electron chi connectivity index (χ0n) is 14.1. The fourth-order valence-corrected chi connectivity index (χ4v) is 2.27. The number of hydrogen-bond donors (Lipinski definition) is 2. The first-order valence-electron chi connectivity index (χ1n) is 7.60. The maximum Gasteiger partial charge on any atom is 0.416 e. The van der Waals surface area contributed by atoms with Crippen LogP contribution < -0.4 is 15.4 Å². The van der Waals surface area contributed by atoms with E-state index in [0.717, 1.165) is 12.1 Å². The van der Waals surface area contributed by atoms with Gasteiger partial charge >= 0.3 is 6.18 Å². The fourth-order valence-electron chi connectivity index (χ4n) is 2.27. The highest BCUT2D eigenvalue weighted by Gasteiger charge is 2.30. The highest BCUT2D eigenvalue weighted by molar-refractivity contribution is 6.04. The van der Waals surface area contributed by atoms with Crippen molar-refractivity contribution in [2.45, 2.75) is 12.6 Å². The molecule has 0 aliphatic heterocycles. The minimum atomic E-state index is -4.42. The van der Waals surface area contributed by atoms with Crippen molar-refractivity contribution in [1.82, 2.24) is 5.32 Å². The van der Waals surface area contributed by atoms with Gasteiger partial charge in [0.25, 0.3) is 5.91 Å². The summed E-state index contributed by atoms with van der Waals surface area (Å²) in [7, 11) is 2.90. The zero-order valence-corrected chi connectivity index (χ0v) is 14.1. The molecule has 0 saturated heterocycles. The molecule has 0 bridgehead atoms. The topological polar surface area (TPSA) is 67.4 Å². The van der Waals surface area contributed by atoms with E-state index in [2.05, 4.69) is 10.6 Å². The second-order valence-electron chi connectivity index (χ2n) is 5.41. The molecule has 0 radical (unpaired) electrons. The number of rotatable bonds is 5. The van der Waals surface area contributed by atoms with Crippen molar-refractivity contribution >= 4 is 17.5 Å². The van der Waals surface area contributed by atoms with E-state index >= 15 is 0 Å². The predicted molar refractivity (Wildman–Crippen MR) is 90.2 cm³/mol. The van der Waals surface area contributed by atoms with E-state index in [4.69, 9.17) is 4.74 Å². The van der Waals surface area contributed by atoms with Gasteiger partial charge in [-0.1, -0.05) is 12.1 Å². The molecule has 0 atom stereocenters.